The number of hydrogen-bond acceptors (Lipinski definition) is 2. The van der Waals surface area contributed by atoms with Crippen LogP contribution in [0.3, 0.4) is 0 Å². The molecule has 0 amide bonds. The quantitative estimate of drug-likeness (QED) is 0.388. The molecule has 1 rings (SSSR count). The monoisotopic (exact) mass is 225 g/mol. The van der Waals surface area contributed by atoms with Crippen LogP contribution in [0.5, 0.6) is 0 Å². The number of hydrogen-bond donors (Lipinski definition) is 3. The Labute approximate surface area is 97.0 Å². The Balaban J connectivity index is 2.20. The highest BCUT2D eigenvalue weighted by molar-refractivity contribution is 7.80. The molecule has 0 atom stereocenters. The van der Waals surface area contributed by atoms with Crippen LogP contribution < -0.4 is 16.2 Å². The largest absolute Gasteiger partial charge is 0.358 e. The van der Waals surface area contributed by atoms with Crippen molar-refractivity contribution in [3.63, 3.8) is 0 Å². The van der Waals surface area contributed by atoms with Crippen LogP contribution in [0.2, 0.25) is 0 Å². The Kier molecular flexibility index (Phi) is 5.85. The fraction of sp³-hybridized carbons (Fsp3) is 0.545. The Morgan fingerprint density at radius 3 is 3.13 bits per heavy atom. The molecule has 0 radical (unpaired) electrons. The van der Waals surface area contributed by atoms with Gasteiger partial charge < -0.3 is 10.7 Å². The van der Waals surface area contributed by atoms with Crippen molar-refractivity contribution in [2.75, 3.05) is 6.54 Å². The van der Waals surface area contributed by atoms with Crippen molar-refractivity contribution >= 4 is 17.3 Å². The lowest BCUT2D eigenvalue weighted by molar-refractivity contribution is 0.664. The second-order valence-corrected chi connectivity index (χ2v) is 3.99. The summed E-state index contributed by atoms with van der Waals surface area (Å²) < 4.78 is 0. The van der Waals surface area contributed by atoms with Gasteiger partial charge in [-0.05, 0) is 37.9 Å². The molecule has 3 N–H and O–H groups in total. The first kappa shape index (κ1) is 12.0. The summed E-state index contributed by atoms with van der Waals surface area (Å²) >= 11 is 5.06. The van der Waals surface area contributed by atoms with Crippen LogP contribution in [0.25, 0.3) is 0 Å². The van der Waals surface area contributed by atoms with Gasteiger partial charge in [0.25, 0.3) is 0 Å². The van der Waals surface area contributed by atoms with Crippen molar-refractivity contribution in [2.24, 2.45) is 0 Å². The first-order chi connectivity index (χ1) is 7.33. The molecule has 4 heteroatoms. The number of rotatable bonds is 4. The molecule has 0 heterocycles. The maximum Gasteiger partial charge on any atom is 0.185 e. The minimum Gasteiger partial charge on any atom is -0.358 e. The van der Waals surface area contributed by atoms with Gasteiger partial charge in [-0.15, -0.1) is 6.58 Å². The summed E-state index contributed by atoms with van der Waals surface area (Å²) in [7, 11) is 0. The maximum absolute atomic E-state index is 5.06. The van der Waals surface area contributed by atoms with Crippen LogP contribution in [-0.2, 0) is 0 Å². The topological polar surface area (TPSA) is 36.1 Å². The van der Waals surface area contributed by atoms with Crippen LogP contribution in [0.15, 0.2) is 24.4 Å². The highest BCUT2D eigenvalue weighted by Gasteiger charge is 2.02. The van der Waals surface area contributed by atoms with Gasteiger partial charge in [0.1, 0.15) is 0 Å². The van der Waals surface area contributed by atoms with Crippen molar-refractivity contribution in [1.29, 1.82) is 0 Å². The van der Waals surface area contributed by atoms with Gasteiger partial charge in [-0.25, -0.2) is 0 Å². The standard InChI is InChI=1S/C11H19N3S/c1-2-9-12-11(15)14-13-10-7-5-3-4-6-8-10/h2,7,13H,1,3-6,8-9H2,(H2,12,14,15). The van der Waals surface area contributed by atoms with Crippen LogP contribution in [0.1, 0.15) is 32.1 Å². The van der Waals surface area contributed by atoms with E-state index in [4.69, 9.17) is 12.2 Å². The average Bonchev–Trinajstić information content (AvgIpc) is 2.51. The molecule has 0 saturated carbocycles. The van der Waals surface area contributed by atoms with Crippen molar-refractivity contribution in [3.8, 4) is 0 Å². The second kappa shape index (κ2) is 7.29. The lowest BCUT2D eigenvalue weighted by Crippen LogP contribution is -2.43. The summed E-state index contributed by atoms with van der Waals surface area (Å²) in [5.41, 5.74) is 7.36. The van der Waals surface area contributed by atoms with E-state index in [-0.39, 0.29) is 0 Å². The van der Waals surface area contributed by atoms with Gasteiger partial charge in [0.2, 0.25) is 0 Å². The van der Waals surface area contributed by atoms with Gasteiger partial charge in [0.15, 0.2) is 5.11 Å². The lowest BCUT2D eigenvalue weighted by atomic mass is 10.2. The lowest BCUT2D eigenvalue weighted by Gasteiger charge is -2.13. The zero-order chi connectivity index (χ0) is 10.9. The van der Waals surface area contributed by atoms with Gasteiger partial charge in [-0.3, -0.25) is 5.43 Å². The third-order valence-corrected chi connectivity index (χ3v) is 2.53. The third kappa shape index (κ3) is 5.42. The Bertz CT molecular complexity index is 248. The summed E-state index contributed by atoms with van der Waals surface area (Å²) in [6, 6.07) is 0. The van der Waals surface area contributed by atoms with Gasteiger partial charge in [0, 0.05) is 12.2 Å². The van der Waals surface area contributed by atoms with Crippen LogP contribution >= 0.6 is 12.2 Å². The minimum atomic E-state index is 0.611. The Morgan fingerprint density at radius 2 is 2.33 bits per heavy atom. The van der Waals surface area contributed by atoms with Crippen LogP contribution in [-0.4, -0.2) is 11.7 Å². The molecule has 15 heavy (non-hydrogen) atoms. The van der Waals surface area contributed by atoms with Gasteiger partial charge >= 0.3 is 0 Å². The molecule has 1 aliphatic rings. The summed E-state index contributed by atoms with van der Waals surface area (Å²) in [4.78, 5) is 0. The molecule has 0 spiro atoms. The number of nitrogens with one attached hydrogen (secondary N) is 3. The Morgan fingerprint density at radius 1 is 1.47 bits per heavy atom. The number of hydrazine groups is 1. The van der Waals surface area contributed by atoms with E-state index in [1.807, 2.05) is 0 Å². The van der Waals surface area contributed by atoms with Crippen LogP contribution in [0.4, 0.5) is 0 Å². The van der Waals surface area contributed by atoms with E-state index in [2.05, 4.69) is 28.8 Å². The molecule has 0 aromatic carbocycles. The van der Waals surface area contributed by atoms with Gasteiger partial charge in [0.05, 0.1) is 0 Å². The fourth-order valence-electron chi connectivity index (χ4n) is 1.47. The van der Waals surface area contributed by atoms with E-state index >= 15 is 0 Å². The van der Waals surface area contributed by atoms with Crippen molar-refractivity contribution < 1.29 is 0 Å². The van der Waals surface area contributed by atoms with Gasteiger partial charge in [-0.1, -0.05) is 18.6 Å². The third-order valence-electron chi connectivity index (χ3n) is 2.28. The molecule has 0 saturated heterocycles. The van der Waals surface area contributed by atoms with E-state index in [9.17, 15) is 0 Å². The fourth-order valence-corrected chi connectivity index (χ4v) is 1.61. The molecule has 0 bridgehead atoms. The predicted octanol–water partition coefficient (Wildman–Crippen LogP) is 1.99. The highest BCUT2D eigenvalue weighted by Crippen LogP contribution is 2.14. The first-order valence-corrected chi connectivity index (χ1v) is 5.83. The minimum absolute atomic E-state index is 0.611. The molecule has 0 aromatic heterocycles. The first-order valence-electron chi connectivity index (χ1n) is 5.42. The van der Waals surface area contributed by atoms with Crippen molar-refractivity contribution in [3.05, 3.63) is 24.4 Å². The van der Waals surface area contributed by atoms with Gasteiger partial charge in [-0.2, -0.15) is 0 Å². The average molecular weight is 225 g/mol. The molecule has 0 aliphatic heterocycles. The van der Waals surface area contributed by atoms with E-state index in [0.29, 0.717) is 11.7 Å². The number of allylic oxidation sites excluding steroid dienone is 2. The maximum atomic E-state index is 5.06. The predicted molar refractivity (Wildman–Crippen MR) is 68.2 cm³/mol. The van der Waals surface area contributed by atoms with Crippen molar-refractivity contribution in [1.82, 2.24) is 16.2 Å². The summed E-state index contributed by atoms with van der Waals surface area (Å²) in [6.07, 6.45) is 10.2. The molecular formula is C11H19N3S. The van der Waals surface area contributed by atoms with Crippen LogP contribution in [0, 0.1) is 0 Å². The second-order valence-electron chi connectivity index (χ2n) is 3.58. The normalized spacial score (nSPS) is 15.9. The molecule has 3 nitrogen and oxygen atoms in total. The zero-order valence-electron chi connectivity index (χ0n) is 9.01. The summed E-state index contributed by atoms with van der Waals surface area (Å²) in [6.45, 7) is 4.30. The molecular weight excluding hydrogens is 206 g/mol. The zero-order valence-corrected chi connectivity index (χ0v) is 9.83. The molecule has 84 valence electrons. The van der Waals surface area contributed by atoms with E-state index < -0.39 is 0 Å². The van der Waals surface area contributed by atoms with E-state index in [0.717, 1.165) is 12.8 Å². The van der Waals surface area contributed by atoms with E-state index in [1.165, 1.54) is 25.0 Å². The molecule has 0 fully saturated rings. The molecule has 0 unspecified atom stereocenters. The highest BCUT2D eigenvalue weighted by atomic mass is 32.1. The molecule has 0 aromatic rings. The number of thiocarbonyl (C=S) groups is 1. The smallest absolute Gasteiger partial charge is 0.185 e. The SMILES string of the molecule is C=CCNC(=S)NNC1=CCCCCC1. The van der Waals surface area contributed by atoms with Crippen molar-refractivity contribution in [2.45, 2.75) is 32.1 Å². The van der Waals surface area contributed by atoms with E-state index in [1.54, 1.807) is 6.08 Å². The summed E-state index contributed by atoms with van der Waals surface area (Å²) in [5.74, 6) is 0. The summed E-state index contributed by atoms with van der Waals surface area (Å²) in [5, 5.41) is 3.61. The Hall–Kier alpha value is -1.03. The molecule has 1 aliphatic carbocycles.